The number of hydrogen-bond acceptors (Lipinski definition) is 2. The van der Waals surface area contributed by atoms with Crippen LogP contribution < -0.4 is 10.2 Å². The van der Waals surface area contributed by atoms with Crippen LogP contribution in [0.3, 0.4) is 0 Å². The molecule has 0 saturated carbocycles. The Bertz CT molecular complexity index is 479. The van der Waals surface area contributed by atoms with Gasteiger partial charge in [0.15, 0.2) is 0 Å². The van der Waals surface area contributed by atoms with Gasteiger partial charge < -0.3 is 10.2 Å². The van der Waals surface area contributed by atoms with Crippen molar-refractivity contribution in [1.29, 1.82) is 0 Å². The second kappa shape index (κ2) is 6.10. The highest BCUT2D eigenvalue weighted by Gasteiger charge is 2.05. The van der Waals surface area contributed by atoms with Crippen LogP contribution in [0.4, 0.5) is 11.4 Å². The van der Waals surface area contributed by atoms with Gasteiger partial charge in [-0.2, -0.15) is 0 Å². The monoisotopic (exact) mass is 240 g/mol. The third-order valence-electron chi connectivity index (χ3n) is 3.16. The van der Waals surface area contributed by atoms with Gasteiger partial charge in [0.05, 0.1) is 11.4 Å². The molecule has 0 aliphatic carbocycles. The Balaban J connectivity index is 2.01. The van der Waals surface area contributed by atoms with Crippen LogP contribution in [0.1, 0.15) is 5.56 Å². The van der Waals surface area contributed by atoms with Gasteiger partial charge in [-0.25, -0.2) is 0 Å². The van der Waals surface area contributed by atoms with Gasteiger partial charge in [0.25, 0.3) is 0 Å². The SMILES string of the molecule is CNc1ccccc1N(C)CCc1ccccc1. The van der Waals surface area contributed by atoms with Gasteiger partial charge >= 0.3 is 0 Å². The molecule has 2 rings (SSSR count). The summed E-state index contributed by atoms with van der Waals surface area (Å²) >= 11 is 0. The van der Waals surface area contributed by atoms with Gasteiger partial charge in [-0.3, -0.25) is 0 Å². The lowest BCUT2D eigenvalue weighted by atomic mass is 10.1. The minimum absolute atomic E-state index is 1.02. The molecule has 0 bridgehead atoms. The first-order chi connectivity index (χ1) is 8.81. The van der Waals surface area contributed by atoms with Crippen molar-refractivity contribution in [2.24, 2.45) is 0 Å². The van der Waals surface area contributed by atoms with E-state index in [1.54, 1.807) is 0 Å². The lowest BCUT2D eigenvalue weighted by Gasteiger charge is -2.22. The first-order valence-electron chi connectivity index (χ1n) is 6.33. The van der Waals surface area contributed by atoms with Crippen molar-refractivity contribution in [3.05, 3.63) is 60.2 Å². The van der Waals surface area contributed by atoms with Crippen LogP contribution in [0, 0.1) is 0 Å². The number of benzene rings is 2. The molecule has 2 aromatic carbocycles. The maximum Gasteiger partial charge on any atom is 0.0599 e. The summed E-state index contributed by atoms with van der Waals surface area (Å²) in [7, 11) is 4.10. The molecule has 2 heteroatoms. The maximum atomic E-state index is 3.23. The zero-order valence-electron chi connectivity index (χ0n) is 11.1. The van der Waals surface area contributed by atoms with Crippen molar-refractivity contribution in [3.63, 3.8) is 0 Å². The summed E-state index contributed by atoms with van der Waals surface area (Å²) in [4.78, 5) is 2.29. The Morgan fingerprint density at radius 3 is 2.33 bits per heavy atom. The minimum atomic E-state index is 1.02. The lowest BCUT2D eigenvalue weighted by molar-refractivity contribution is 0.877. The van der Waals surface area contributed by atoms with Crippen molar-refractivity contribution >= 4 is 11.4 Å². The van der Waals surface area contributed by atoms with E-state index in [0.29, 0.717) is 0 Å². The van der Waals surface area contributed by atoms with Crippen molar-refractivity contribution in [2.45, 2.75) is 6.42 Å². The van der Waals surface area contributed by atoms with Gasteiger partial charge in [0.1, 0.15) is 0 Å². The second-order valence-electron chi connectivity index (χ2n) is 4.42. The average molecular weight is 240 g/mol. The van der Waals surface area contributed by atoms with E-state index in [-0.39, 0.29) is 0 Å². The largest absolute Gasteiger partial charge is 0.386 e. The maximum absolute atomic E-state index is 3.23. The van der Waals surface area contributed by atoms with Crippen LogP contribution in [0.5, 0.6) is 0 Å². The Hall–Kier alpha value is -1.96. The number of anilines is 2. The minimum Gasteiger partial charge on any atom is -0.386 e. The molecule has 0 aromatic heterocycles. The van der Waals surface area contributed by atoms with E-state index in [9.17, 15) is 0 Å². The quantitative estimate of drug-likeness (QED) is 0.861. The molecule has 0 heterocycles. The highest BCUT2D eigenvalue weighted by atomic mass is 15.1. The first-order valence-corrected chi connectivity index (χ1v) is 6.33. The molecule has 0 radical (unpaired) electrons. The lowest BCUT2D eigenvalue weighted by Crippen LogP contribution is -2.21. The Kier molecular flexibility index (Phi) is 4.24. The molecule has 0 amide bonds. The van der Waals surface area contributed by atoms with E-state index in [2.05, 4.69) is 71.9 Å². The molecule has 2 nitrogen and oxygen atoms in total. The summed E-state index contributed by atoms with van der Waals surface area (Å²) in [5.74, 6) is 0. The molecule has 18 heavy (non-hydrogen) atoms. The van der Waals surface area contributed by atoms with Crippen LogP contribution >= 0.6 is 0 Å². The van der Waals surface area contributed by atoms with Gasteiger partial charge in [-0.1, -0.05) is 42.5 Å². The van der Waals surface area contributed by atoms with E-state index in [4.69, 9.17) is 0 Å². The summed E-state index contributed by atoms with van der Waals surface area (Å²) in [6.45, 7) is 1.02. The van der Waals surface area contributed by atoms with Gasteiger partial charge in [0.2, 0.25) is 0 Å². The Morgan fingerprint density at radius 2 is 1.61 bits per heavy atom. The zero-order valence-corrected chi connectivity index (χ0v) is 11.1. The summed E-state index contributed by atoms with van der Waals surface area (Å²) in [6, 6.07) is 19.0. The van der Waals surface area contributed by atoms with Crippen molar-refractivity contribution < 1.29 is 0 Å². The smallest absolute Gasteiger partial charge is 0.0599 e. The zero-order chi connectivity index (χ0) is 12.8. The summed E-state index contributed by atoms with van der Waals surface area (Å²) in [5.41, 5.74) is 3.80. The molecule has 1 N–H and O–H groups in total. The third-order valence-corrected chi connectivity index (χ3v) is 3.16. The molecular weight excluding hydrogens is 220 g/mol. The molecule has 0 fully saturated rings. The van der Waals surface area contributed by atoms with Gasteiger partial charge in [-0.15, -0.1) is 0 Å². The summed E-state index contributed by atoms with van der Waals surface area (Å²) < 4.78 is 0. The standard InChI is InChI=1S/C16H20N2/c1-17-15-10-6-7-11-16(15)18(2)13-12-14-8-4-3-5-9-14/h3-11,17H,12-13H2,1-2H3. The number of para-hydroxylation sites is 2. The van der Waals surface area contributed by atoms with Crippen molar-refractivity contribution in [3.8, 4) is 0 Å². The fourth-order valence-corrected chi connectivity index (χ4v) is 2.08. The molecule has 0 spiro atoms. The molecule has 94 valence electrons. The molecule has 0 aliphatic heterocycles. The summed E-state index contributed by atoms with van der Waals surface area (Å²) in [5, 5.41) is 3.23. The summed E-state index contributed by atoms with van der Waals surface area (Å²) in [6.07, 6.45) is 1.06. The fourth-order valence-electron chi connectivity index (χ4n) is 2.08. The number of likely N-dealkylation sites (N-methyl/N-ethyl adjacent to an activating group) is 1. The van der Waals surface area contributed by atoms with Crippen LogP contribution in [0.2, 0.25) is 0 Å². The molecular formula is C16H20N2. The number of rotatable bonds is 5. The van der Waals surface area contributed by atoms with E-state index in [1.807, 2.05) is 7.05 Å². The van der Waals surface area contributed by atoms with Crippen LogP contribution in [-0.4, -0.2) is 20.6 Å². The van der Waals surface area contributed by atoms with Crippen molar-refractivity contribution in [1.82, 2.24) is 0 Å². The molecule has 0 atom stereocenters. The van der Waals surface area contributed by atoms with Crippen LogP contribution in [-0.2, 0) is 6.42 Å². The Morgan fingerprint density at radius 1 is 0.944 bits per heavy atom. The predicted molar refractivity (Wildman–Crippen MR) is 79.4 cm³/mol. The molecule has 2 aromatic rings. The first kappa shape index (κ1) is 12.5. The highest BCUT2D eigenvalue weighted by molar-refractivity contribution is 5.69. The van der Waals surface area contributed by atoms with Gasteiger partial charge in [0, 0.05) is 20.6 Å². The average Bonchev–Trinajstić information content (AvgIpc) is 2.45. The topological polar surface area (TPSA) is 15.3 Å². The fraction of sp³-hybridized carbons (Fsp3) is 0.250. The molecule has 0 aliphatic rings. The highest BCUT2D eigenvalue weighted by Crippen LogP contribution is 2.23. The van der Waals surface area contributed by atoms with Gasteiger partial charge in [-0.05, 0) is 24.1 Å². The number of hydrogen-bond donors (Lipinski definition) is 1. The number of nitrogens with zero attached hydrogens (tertiary/aromatic N) is 1. The van der Waals surface area contributed by atoms with E-state index in [0.717, 1.165) is 13.0 Å². The normalized spacial score (nSPS) is 10.1. The van der Waals surface area contributed by atoms with E-state index in [1.165, 1.54) is 16.9 Å². The molecule has 0 saturated heterocycles. The second-order valence-corrected chi connectivity index (χ2v) is 4.42. The van der Waals surface area contributed by atoms with Crippen LogP contribution in [0.15, 0.2) is 54.6 Å². The van der Waals surface area contributed by atoms with E-state index >= 15 is 0 Å². The third kappa shape index (κ3) is 3.04. The Labute approximate surface area is 109 Å². The van der Waals surface area contributed by atoms with Crippen LogP contribution in [0.25, 0.3) is 0 Å². The molecule has 0 unspecified atom stereocenters. The van der Waals surface area contributed by atoms with E-state index < -0.39 is 0 Å². The number of nitrogens with one attached hydrogen (secondary N) is 1. The van der Waals surface area contributed by atoms with Crippen molar-refractivity contribution in [2.75, 3.05) is 30.9 Å². The predicted octanol–water partition coefficient (Wildman–Crippen LogP) is 3.41.